The summed E-state index contributed by atoms with van der Waals surface area (Å²) < 4.78 is 11.3. The van der Waals surface area contributed by atoms with Gasteiger partial charge in [0.05, 0.1) is 21.9 Å². The number of aromatic nitrogens is 2. The van der Waals surface area contributed by atoms with Gasteiger partial charge in [-0.25, -0.2) is 0 Å². The van der Waals surface area contributed by atoms with Crippen molar-refractivity contribution in [2.45, 2.75) is 0 Å². The summed E-state index contributed by atoms with van der Waals surface area (Å²) in [5.74, 6) is 0. The maximum Gasteiger partial charge on any atom is 0.213 e. The van der Waals surface area contributed by atoms with E-state index in [2.05, 4.69) is 203 Å². The van der Waals surface area contributed by atoms with Gasteiger partial charge in [0.1, 0.15) is 5.58 Å². The molecule has 0 saturated carbocycles. The lowest BCUT2D eigenvalue weighted by molar-refractivity contribution is 0.645. The van der Waals surface area contributed by atoms with E-state index in [9.17, 15) is 0 Å². The van der Waals surface area contributed by atoms with Crippen molar-refractivity contribution in [3.05, 3.63) is 194 Å². The fourth-order valence-corrected chi connectivity index (χ4v) is 8.25. The van der Waals surface area contributed by atoms with Gasteiger partial charge in [0.2, 0.25) is 5.71 Å². The van der Waals surface area contributed by atoms with Crippen molar-refractivity contribution in [3.8, 4) is 44.8 Å². The van der Waals surface area contributed by atoms with Crippen molar-refractivity contribution in [3.63, 3.8) is 0 Å². The van der Waals surface area contributed by atoms with E-state index < -0.39 is 0 Å². The van der Waals surface area contributed by atoms with E-state index in [4.69, 9.17) is 4.42 Å². The Balaban J connectivity index is 1.10. The minimum atomic E-state index is 0.869. The standard InChI is InChI=1S/C50H32N2O/c1-4-13-33(14-5-1)36-23-26-46-42(30-36)43-31-37(34-15-6-2-7-16-34)24-27-47(43)51(46)40-20-12-17-35(29-40)38-25-28-48-44(32-38)49-41-21-10-11-22-45(41)52(50(49)53-48)39-18-8-3-9-19-39/h1-32H. The van der Waals surface area contributed by atoms with Crippen LogP contribution in [0.4, 0.5) is 0 Å². The monoisotopic (exact) mass is 676 g/mol. The van der Waals surface area contributed by atoms with Crippen molar-refractivity contribution < 1.29 is 4.42 Å². The third-order valence-corrected chi connectivity index (χ3v) is 10.7. The lowest BCUT2D eigenvalue weighted by Gasteiger charge is -2.11. The fraction of sp³-hybridized carbons (Fsp3) is 0. The molecule has 0 amide bonds. The molecule has 0 aliphatic rings. The second-order valence-electron chi connectivity index (χ2n) is 13.8. The maximum absolute atomic E-state index is 6.63. The molecule has 0 N–H and O–H groups in total. The average molecular weight is 677 g/mol. The summed E-state index contributed by atoms with van der Waals surface area (Å²) >= 11 is 0. The van der Waals surface area contributed by atoms with Crippen molar-refractivity contribution in [2.75, 3.05) is 0 Å². The molecule has 248 valence electrons. The first-order chi connectivity index (χ1) is 26.3. The zero-order valence-corrected chi connectivity index (χ0v) is 28.8. The number of fused-ring (bicyclic) bond motifs is 8. The minimum absolute atomic E-state index is 0.869. The first-order valence-electron chi connectivity index (χ1n) is 18.1. The van der Waals surface area contributed by atoms with Gasteiger partial charge in [0, 0.05) is 32.9 Å². The first kappa shape index (κ1) is 29.6. The Morgan fingerprint density at radius 2 is 0.792 bits per heavy atom. The topological polar surface area (TPSA) is 23.0 Å². The molecule has 0 atom stereocenters. The van der Waals surface area contributed by atoms with Gasteiger partial charge in [0.15, 0.2) is 0 Å². The highest BCUT2D eigenvalue weighted by Crippen LogP contribution is 2.42. The molecule has 3 aromatic heterocycles. The molecule has 0 spiro atoms. The SMILES string of the molecule is c1ccc(-c2ccc3c(c2)c2cc(-c4ccccc4)ccc2n3-c2cccc(-c3ccc4oc5c(c4c3)c3ccccc3n5-c3ccccc3)c2)cc1. The van der Waals surface area contributed by atoms with E-state index in [1.807, 2.05) is 0 Å². The van der Waals surface area contributed by atoms with E-state index in [0.29, 0.717) is 0 Å². The number of hydrogen-bond acceptors (Lipinski definition) is 1. The summed E-state index contributed by atoms with van der Waals surface area (Å²) in [7, 11) is 0. The molecule has 0 bridgehead atoms. The van der Waals surface area contributed by atoms with Crippen molar-refractivity contribution in [1.29, 1.82) is 0 Å². The molecule has 0 saturated heterocycles. The number of hydrogen-bond donors (Lipinski definition) is 0. The average Bonchev–Trinajstić information content (AvgIpc) is 3.88. The summed E-state index contributed by atoms with van der Waals surface area (Å²) in [6.45, 7) is 0. The van der Waals surface area contributed by atoms with E-state index in [0.717, 1.165) is 50.1 Å². The molecule has 3 heterocycles. The Morgan fingerprint density at radius 1 is 0.302 bits per heavy atom. The summed E-state index contributed by atoms with van der Waals surface area (Å²) in [6, 6.07) is 69.7. The Morgan fingerprint density at radius 3 is 1.47 bits per heavy atom. The van der Waals surface area contributed by atoms with Gasteiger partial charge in [0.25, 0.3) is 0 Å². The van der Waals surface area contributed by atoms with Gasteiger partial charge >= 0.3 is 0 Å². The van der Waals surface area contributed by atoms with Gasteiger partial charge in [-0.2, -0.15) is 0 Å². The third-order valence-electron chi connectivity index (χ3n) is 10.7. The highest BCUT2D eigenvalue weighted by atomic mass is 16.3. The van der Waals surface area contributed by atoms with Crippen LogP contribution in [-0.4, -0.2) is 9.13 Å². The van der Waals surface area contributed by atoms with E-state index in [1.54, 1.807) is 0 Å². The van der Waals surface area contributed by atoms with Crippen LogP contribution in [0.2, 0.25) is 0 Å². The van der Waals surface area contributed by atoms with E-state index in [-0.39, 0.29) is 0 Å². The molecule has 0 aliphatic heterocycles. The van der Waals surface area contributed by atoms with Crippen LogP contribution in [0.1, 0.15) is 0 Å². The second kappa shape index (κ2) is 11.7. The molecule has 11 aromatic rings. The van der Waals surface area contributed by atoms with Crippen LogP contribution >= 0.6 is 0 Å². The van der Waals surface area contributed by atoms with Crippen LogP contribution in [0.3, 0.4) is 0 Å². The number of furan rings is 1. The molecular weight excluding hydrogens is 645 g/mol. The Bertz CT molecular complexity index is 3050. The van der Waals surface area contributed by atoms with Crippen molar-refractivity contribution in [2.24, 2.45) is 0 Å². The Labute approximate surface area is 306 Å². The van der Waals surface area contributed by atoms with Gasteiger partial charge in [-0.15, -0.1) is 0 Å². The summed E-state index contributed by atoms with van der Waals surface area (Å²) in [5.41, 5.74) is 14.6. The van der Waals surface area contributed by atoms with Gasteiger partial charge in [-0.3, -0.25) is 4.57 Å². The molecule has 0 aliphatic carbocycles. The largest absolute Gasteiger partial charge is 0.439 e. The Hall–Kier alpha value is -7.10. The number of nitrogens with zero attached hydrogens (tertiary/aromatic N) is 2. The summed E-state index contributed by atoms with van der Waals surface area (Å²) in [5, 5.41) is 5.92. The molecular formula is C50H32N2O. The predicted molar refractivity (Wildman–Crippen MR) is 221 cm³/mol. The van der Waals surface area contributed by atoms with E-state index >= 15 is 0 Å². The van der Waals surface area contributed by atoms with Crippen molar-refractivity contribution >= 4 is 54.8 Å². The fourth-order valence-electron chi connectivity index (χ4n) is 8.25. The molecule has 3 heteroatoms. The maximum atomic E-state index is 6.63. The number of para-hydroxylation sites is 2. The lowest BCUT2D eigenvalue weighted by Crippen LogP contribution is -1.94. The van der Waals surface area contributed by atoms with Crippen LogP contribution in [0.25, 0.3) is 99.5 Å². The smallest absolute Gasteiger partial charge is 0.213 e. The van der Waals surface area contributed by atoms with Gasteiger partial charge < -0.3 is 8.98 Å². The first-order valence-corrected chi connectivity index (χ1v) is 18.1. The lowest BCUT2D eigenvalue weighted by atomic mass is 10.0. The van der Waals surface area contributed by atoms with Crippen LogP contribution in [0.15, 0.2) is 199 Å². The van der Waals surface area contributed by atoms with Crippen LogP contribution < -0.4 is 0 Å². The van der Waals surface area contributed by atoms with Crippen LogP contribution in [0, 0.1) is 0 Å². The zero-order valence-electron chi connectivity index (χ0n) is 28.8. The molecule has 8 aromatic carbocycles. The highest BCUT2D eigenvalue weighted by Gasteiger charge is 2.20. The summed E-state index contributed by atoms with van der Waals surface area (Å²) in [6.07, 6.45) is 0. The predicted octanol–water partition coefficient (Wildman–Crippen LogP) is 13.6. The number of rotatable bonds is 5. The van der Waals surface area contributed by atoms with Crippen molar-refractivity contribution in [1.82, 2.24) is 9.13 Å². The molecule has 0 radical (unpaired) electrons. The minimum Gasteiger partial charge on any atom is -0.439 e. The van der Waals surface area contributed by atoms with Gasteiger partial charge in [-0.1, -0.05) is 127 Å². The molecule has 53 heavy (non-hydrogen) atoms. The molecule has 11 rings (SSSR count). The third kappa shape index (κ3) is 4.68. The van der Waals surface area contributed by atoms with Crippen LogP contribution in [0.5, 0.6) is 0 Å². The van der Waals surface area contributed by atoms with Gasteiger partial charge in [-0.05, 0) is 100 Å². The normalized spacial score (nSPS) is 11.8. The molecule has 0 fully saturated rings. The van der Waals surface area contributed by atoms with E-state index in [1.165, 1.54) is 49.4 Å². The number of benzene rings is 8. The summed E-state index contributed by atoms with van der Waals surface area (Å²) in [4.78, 5) is 0. The molecule has 3 nitrogen and oxygen atoms in total. The highest BCUT2D eigenvalue weighted by molar-refractivity contribution is 6.20. The zero-order chi connectivity index (χ0) is 34.9. The molecule has 0 unspecified atom stereocenters. The Kier molecular flexibility index (Phi) is 6.55. The quantitative estimate of drug-likeness (QED) is 0.178. The van der Waals surface area contributed by atoms with Crippen LogP contribution in [-0.2, 0) is 0 Å². The second-order valence-corrected chi connectivity index (χ2v) is 13.8.